The quantitative estimate of drug-likeness (QED) is 0.537. The van der Waals surface area contributed by atoms with Gasteiger partial charge in [-0.2, -0.15) is 0 Å². The van der Waals surface area contributed by atoms with E-state index in [-0.39, 0.29) is 18.0 Å². The molecule has 3 aromatic rings. The summed E-state index contributed by atoms with van der Waals surface area (Å²) >= 11 is 3.39. The average Bonchev–Trinajstić information content (AvgIpc) is 2.95. The molecule has 0 saturated carbocycles. The van der Waals surface area contributed by atoms with Crippen molar-refractivity contribution < 1.29 is 9.72 Å². The Morgan fingerprint density at radius 2 is 1.96 bits per heavy atom. The molecular weight excluding hydrogens is 376 g/mol. The molecule has 0 aliphatic carbocycles. The molecule has 0 aliphatic rings. The highest BCUT2D eigenvalue weighted by Gasteiger charge is 2.08. The molecule has 0 atom stereocenters. The number of hydrogen-bond acceptors (Lipinski definition) is 4. The summed E-state index contributed by atoms with van der Waals surface area (Å²) in [6.07, 6.45) is 3.91. The Hall–Kier alpha value is -2.74. The van der Waals surface area contributed by atoms with E-state index < -0.39 is 4.92 Å². The van der Waals surface area contributed by atoms with Crippen molar-refractivity contribution in [1.29, 1.82) is 0 Å². The lowest BCUT2D eigenvalue weighted by Crippen LogP contribution is -2.24. The van der Waals surface area contributed by atoms with Crippen molar-refractivity contribution in [3.8, 4) is 0 Å². The molecule has 2 aromatic heterocycles. The molecule has 24 heavy (non-hydrogen) atoms. The number of nitro groups is 1. The molecule has 0 fully saturated rings. The number of rotatable bonds is 5. The number of nitrogens with zero attached hydrogens (tertiary/aromatic N) is 3. The van der Waals surface area contributed by atoms with Crippen LogP contribution in [0.5, 0.6) is 0 Å². The number of carbonyl (C=O) groups is 1. The van der Waals surface area contributed by atoms with E-state index in [0.717, 1.165) is 21.4 Å². The largest absolute Gasteiger partial charge is 0.350 e. The number of fused-ring (bicyclic) bond motifs is 1. The van der Waals surface area contributed by atoms with Gasteiger partial charge in [-0.25, -0.2) is 4.98 Å². The van der Waals surface area contributed by atoms with E-state index in [4.69, 9.17) is 0 Å². The van der Waals surface area contributed by atoms with Crippen LogP contribution in [0.25, 0.3) is 5.65 Å². The zero-order valence-electron chi connectivity index (χ0n) is 12.5. The SMILES string of the molecule is O=C(Cc1ccc([N+](=O)[O-])cc1)NCc1cn2cc(Br)ccc2n1. The second-order valence-electron chi connectivity index (χ2n) is 5.22. The Labute approximate surface area is 145 Å². The maximum atomic E-state index is 12.0. The predicted octanol–water partition coefficient (Wildman–Crippen LogP) is 2.86. The number of nitro benzene ring substituents is 1. The summed E-state index contributed by atoms with van der Waals surface area (Å²) < 4.78 is 2.82. The van der Waals surface area contributed by atoms with Crippen LogP contribution in [0.1, 0.15) is 11.3 Å². The summed E-state index contributed by atoms with van der Waals surface area (Å²) in [5.74, 6) is -0.165. The van der Waals surface area contributed by atoms with Gasteiger partial charge in [0.1, 0.15) is 5.65 Å². The molecule has 1 N–H and O–H groups in total. The molecule has 1 amide bonds. The van der Waals surface area contributed by atoms with Crippen molar-refractivity contribution >= 4 is 33.2 Å². The molecule has 0 aliphatic heterocycles. The number of aromatic nitrogens is 2. The van der Waals surface area contributed by atoms with Gasteiger partial charge in [0, 0.05) is 29.0 Å². The summed E-state index contributed by atoms with van der Waals surface area (Å²) in [5.41, 5.74) is 2.29. The maximum absolute atomic E-state index is 12.0. The van der Waals surface area contributed by atoms with Crippen LogP contribution in [0.15, 0.2) is 53.3 Å². The fraction of sp³-hybridized carbons (Fsp3) is 0.125. The number of benzene rings is 1. The highest BCUT2D eigenvalue weighted by atomic mass is 79.9. The third-order valence-corrected chi connectivity index (χ3v) is 3.91. The Morgan fingerprint density at radius 1 is 1.21 bits per heavy atom. The van der Waals surface area contributed by atoms with Gasteiger partial charge in [0.2, 0.25) is 5.91 Å². The third-order valence-electron chi connectivity index (χ3n) is 3.44. The molecule has 1 aromatic carbocycles. The molecule has 2 heterocycles. The van der Waals surface area contributed by atoms with Crippen LogP contribution < -0.4 is 5.32 Å². The molecule has 122 valence electrons. The van der Waals surface area contributed by atoms with Gasteiger partial charge in [0.15, 0.2) is 0 Å². The van der Waals surface area contributed by atoms with Gasteiger partial charge in [-0.3, -0.25) is 14.9 Å². The average molecular weight is 389 g/mol. The Balaban J connectivity index is 1.59. The molecule has 0 bridgehead atoms. The normalized spacial score (nSPS) is 10.7. The fourth-order valence-electron chi connectivity index (χ4n) is 2.27. The lowest BCUT2D eigenvalue weighted by Gasteiger charge is -2.03. The summed E-state index contributed by atoms with van der Waals surface area (Å²) in [6.45, 7) is 0.325. The second-order valence-corrected chi connectivity index (χ2v) is 6.14. The number of nitrogens with one attached hydrogen (secondary N) is 1. The van der Waals surface area contributed by atoms with Gasteiger partial charge in [-0.1, -0.05) is 12.1 Å². The number of non-ortho nitro benzene ring substituents is 1. The minimum absolute atomic E-state index is 0.00928. The molecule has 0 saturated heterocycles. The monoisotopic (exact) mass is 388 g/mol. The van der Waals surface area contributed by atoms with E-state index in [9.17, 15) is 14.9 Å². The first-order valence-electron chi connectivity index (χ1n) is 7.14. The number of imidazole rings is 1. The maximum Gasteiger partial charge on any atom is 0.269 e. The first kappa shape index (κ1) is 16.1. The van der Waals surface area contributed by atoms with Crippen molar-refractivity contribution in [3.05, 3.63) is 74.6 Å². The number of hydrogen-bond donors (Lipinski definition) is 1. The number of pyridine rings is 1. The summed E-state index contributed by atoms with van der Waals surface area (Å²) in [7, 11) is 0. The molecular formula is C16H13BrN4O3. The van der Waals surface area contributed by atoms with E-state index in [1.54, 1.807) is 12.1 Å². The fourth-order valence-corrected chi connectivity index (χ4v) is 2.63. The minimum Gasteiger partial charge on any atom is -0.350 e. The highest BCUT2D eigenvalue weighted by molar-refractivity contribution is 9.10. The van der Waals surface area contributed by atoms with Crippen LogP contribution in [0.2, 0.25) is 0 Å². The lowest BCUT2D eigenvalue weighted by molar-refractivity contribution is -0.384. The molecule has 0 radical (unpaired) electrons. The lowest BCUT2D eigenvalue weighted by atomic mass is 10.1. The summed E-state index contributed by atoms with van der Waals surface area (Å²) in [5, 5.41) is 13.4. The first-order chi connectivity index (χ1) is 11.5. The van der Waals surface area contributed by atoms with Crippen LogP contribution in [0.4, 0.5) is 5.69 Å². The van der Waals surface area contributed by atoms with E-state index in [1.807, 2.05) is 28.9 Å². The van der Waals surface area contributed by atoms with E-state index >= 15 is 0 Å². The standard InChI is InChI=1S/C16H13BrN4O3/c17-12-3-6-15-19-13(10-20(15)9-12)8-18-16(22)7-11-1-4-14(5-2-11)21(23)24/h1-6,9-10H,7-8H2,(H,18,22). The van der Waals surface area contributed by atoms with Gasteiger partial charge in [0.05, 0.1) is 23.6 Å². The van der Waals surface area contributed by atoms with Crippen molar-refractivity contribution in [2.24, 2.45) is 0 Å². The van der Waals surface area contributed by atoms with Crippen LogP contribution in [0, 0.1) is 10.1 Å². The highest BCUT2D eigenvalue weighted by Crippen LogP contribution is 2.13. The smallest absolute Gasteiger partial charge is 0.269 e. The van der Waals surface area contributed by atoms with Gasteiger partial charge in [-0.05, 0) is 33.6 Å². The van der Waals surface area contributed by atoms with Gasteiger partial charge >= 0.3 is 0 Å². The van der Waals surface area contributed by atoms with Crippen LogP contribution in [0.3, 0.4) is 0 Å². The number of halogens is 1. The second kappa shape index (κ2) is 6.79. The minimum atomic E-state index is -0.467. The van der Waals surface area contributed by atoms with Gasteiger partial charge in [-0.15, -0.1) is 0 Å². The zero-order chi connectivity index (χ0) is 17.1. The van der Waals surface area contributed by atoms with Crippen molar-refractivity contribution in [2.45, 2.75) is 13.0 Å². The zero-order valence-corrected chi connectivity index (χ0v) is 14.1. The van der Waals surface area contributed by atoms with E-state index in [2.05, 4.69) is 26.2 Å². The van der Waals surface area contributed by atoms with Gasteiger partial charge in [0.25, 0.3) is 5.69 Å². The molecule has 0 spiro atoms. The summed E-state index contributed by atoms with van der Waals surface area (Å²) in [4.78, 5) is 26.5. The van der Waals surface area contributed by atoms with Crippen LogP contribution >= 0.6 is 15.9 Å². The van der Waals surface area contributed by atoms with E-state index in [1.165, 1.54) is 12.1 Å². The Kier molecular flexibility index (Phi) is 4.57. The third kappa shape index (κ3) is 3.77. The van der Waals surface area contributed by atoms with Gasteiger partial charge < -0.3 is 9.72 Å². The van der Waals surface area contributed by atoms with E-state index in [0.29, 0.717) is 6.54 Å². The first-order valence-corrected chi connectivity index (χ1v) is 7.94. The van der Waals surface area contributed by atoms with Crippen LogP contribution in [-0.4, -0.2) is 20.2 Å². The Bertz CT molecular complexity index is 905. The molecule has 0 unspecified atom stereocenters. The van der Waals surface area contributed by atoms with Crippen molar-refractivity contribution in [2.75, 3.05) is 0 Å². The van der Waals surface area contributed by atoms with Crippen LogP contribution in [-0.2, 0) is 17.8 Å². The molecule has 8 heteroatoms. The topological polar surface area (TPSA) is 89.5 Å². The van der Waals surface area contributed by atoms with Crippen molar-refractivity contribution in [3.63, 3.8) is 0 Å². The number of amides is 1. The Morgan fingerprint density at radius 3 is 2.67 bits per heavy atom. The molecule has 3 rings (SSSR count). The predicted molar refractivity (Wildman–Crippen MR) is 91.5 cm³/mol. The number of carbonyl (C=O) groups excluding carboxylic acids is 1. The molecule has 7 nitrogen and oxygen atoms in total. The van der Waals surface area contributed by atoms with Crippen molar-refractivity contribution in [1.82, 2.24) is 14.7 Å². The summed E-state index contributed by atoms with van der Waals surface area (Å²) in [6, 6.07) is 9.73.